The first-order chi connectivity index (χ1) is 9.60. The summed E-state index contributed by atoms with van der Waals surface area (Å²) in [6.07, 6.45) is 3.59. The molecule has 2 rings (SSSR count). The minimum Gasteiger partial charge on any atom is -0.393 e. The molecule has 0 aliphatic heterocycles. The molecule has 1 fully saturated rings. The molecule has 1 heterocycles. The van der Waals surface area contributed by atoms with Gasteiger partial charge in [-0.15, -0.1) is 0 Å². The lowest BCUT2D eigenvalue weighted by Gasteiger charge is -2.27. The van der Waals surface area contributed by atoms with Crippen LogP contribution in [0.5, 0.6) is 0 Å². The maximum absolute atomic E-state index is 10.8. The van der Waals surface area contributed by atoms with Crippen LogP contribution in [0.2, 0.25) is 0 Å². The van der Waals surface area contributed by atoms with Crippen LogP contribution in [0, 0.1) is 16.0 Å². The van der Waals surface area contributed by atoms with E-state index in [9.17, 15) is 15.2 Å². The number of nitrogens with one attached hydrogen (secondary N) is 2. The van der Waals surface area contributed by atoms with E-state index >= 15 is 0 Å². The molecule has 2 unspecified atom stereocenters. The topological polar surface area (TPSA) is 126 Å². The average Bonchev–Trinajstić information content (AvgIpc) is 2.46. The second-order valence-corrected chi connectivity index (χ2v) is 4.99. The number of nitro groups is 1. The highest BCUT2D eigenvalue weighted by molar-refractivity contribution is 5.54. The number of aromatic nitrogens is 1. The van der Waals surface area contributed by atoms with Crippen LogP contribution >= 0.6 is 0 Å². The molecule has 0 aromatic carbocycles. The zero-order chi connectivity index (χ0) is 14.5. The van der Waals surface area contributed by atoms with E-state index in [-0.39, 0.29) is 23.5 Å². The number of pyridine rings is 1. The molecule has 1 saturated carbocycles. The smallest absolute Gasteiger partial charge is 0.276 e. The van der Waals surface area contributed by atoms with Crippen LogP contribution in [0.15, 0.2) is 12.1 Å². The van der Waals surface area contributed by atoms with E-state index < -0.39 is 4.92 Å². The maximum atomic E-state index is 10.8. The minimum atomic E-state index is -0.497. The summed E-state index contributed by atoms with van der Waals surface area (Å²) in [6.45, 7) is 0.541. The zero-order valence-corrected chi connectivity index (χ0v) is 11.1. The molecule has 0 radical (unpaired) electrons. The van der Waals surface area contributed by atoms with Gasteiger partial charge in [0.15, 0.2) is 0 Å². The van der Waals surface area contributed by atoms with Gasteiger partial charge in [-0.3, -0.25) is 10.1 Å². The van der Waals surface area contributed by atoms with Crippen molar-refractivity contribution in [1.82, 2.24) is 4.98 Å². The predicted molar refractivity (Wildman–Crippen MR) is 75.2 cm³/mol. The Morgan fingerprint density at radius 3 is 2.75 bits per heavy atom. The molecule has 8 nitrogen and oxygen atoms in total. The lowest BCUT2D eigenvalue weighted by molar-refractivity contribution is -0.384. The highest BCUT2D eigenvalue weighted by Gasteiger charge is 2.23. The van der Waals surface area contributed by atoms with Crippen molar-refractivity contribution < 1.29 is 10.0 Å². The van der Waals surface area contributed by atoms with Crippen molar-refractivity contribution in [3.8, 4) is 0 Å². The van der Waals surface area contributed by atoms with Gasteiger partial charge in [0.1, 0.15) is 11.6 Å². The Hall–Kier alpha value is -1.93. The van der Waals surface area contributed by atoms with Gasteiger partial charge in [-0.25, -0.2) is 10.8 Å². The first-order valence-corrected chi connectivity index (χ1v) is 6.65. The third-order valence-electron chi connectivity index (χ3n) is 3.58. The lowest BCUT2D eigenvalue weighted by Crippen LogP contribution is -2.30. The van der Waals surface area contributed by atoms with Gasteiger partial charge in [0.25, 0.3) is 5.69 Å². The van der Waals surface area contributed by atoms with E-state index in [1.807, 2.05) is 0 Å². The van der Waals surface area contributed by atoms with Crippen molar-refractivity contribution in [3.05, 3.63) is 22.2 Å². The van der Waals surface area contributed by atoms with Crippen molar-refractivity contribution in [2.24, 2.45) is 11.8 Å². The summed E-state index contributed by atoms with van der Waals surface area (Å²) in [5.41, 5.74) is 2.22. The second-order valence-electron chi connectivity index (χ2n) is 4.99. The second kappa shape index (κ2) is 6.49. The van der Waals surface area contributed by atoms with Gasteiger partial charge in [0, 0.05) is 12.5 Å². The van der Waals surface area contributed by atoms with Crippen molar-refractivity contribution in [3.63, 3.8) is 0 Å². The Balaban J connectivity index is 2.04. The first kappa shape index (κ1) is 14.5. The SMILES string of the molecule is NNc1cc([N+](=O)[O-])cc(NCC2CCCCC2O)n1. The van der Waals surface area contributed by atoms with Crippen molar-refractivity contribution in [2.75, 3.05) is 17.3 Å². The molecule has 1 aromatic rings. The Morgan fingerprint density at radius 2 is 2.10 bits per heavy atom. The van der Waals surface area contributed by atoms with Gasteiger partial charge in [0.05, 0.1) is 23.2 Å². The zero-order valence-electron chi connectivity index (χ0n) is 11.1. The number of aliphatic hydroxyl groups excluding tert-OH is 1. The van der Waals surface area contributed by atoms with Gasteiger partial charge >= 0.3 is 0 Å². The number of rotatable bonds is 5. The fraction of sp³-hybridized carbons (Fsp3) is 0.583. The number of anilines is 2. The van der Waals surface area contributed by atoms with Crippen LogP contribution in [0.3, 0.4) is 0 Å². The molecule has 0 bridgehead atoms. The summed E-state index contributed by atoms with van der Waals surface area (Å²) in [7, 11) is 0. The summed E-state index contributed by atoms with van der Waals surface area (Å²) in [4.78, 5) is 14.4. The fourth-order valence-electron chi connectivity index (χ4n) is 2.45. The number of hydrazine groups is 1. The number of hydrogen-bond donors (Lipinski definition) is 4. The van der Waals surface area contributed by atoms with E-state index in [0.29, 0.717) is 12.4 Å². The Bertz CT molecular complexity index is 482. The Kier molecular flexibility index (Phi) is 4.70. The molecule has 5 N–H and O–H groups in total. The summed E-state index contributed by atoms with van der Waals surface area (Å²) in [6, 6.07) is 2.62. The molecule has 1 aliphatic rings. The highest BCUT2D eigenvalue weighted by Crippen LogP contribution is 2.25. The van der Waals surface area contributed by atoms with Crippen molar-refractivity contribution in [1.29, 1.82) is 0 Å². The van der Waals surface area contributed by atoms with Crippen LogP contribution in [0.4, 0.5) is 17.3 Å². The molecular formula is C12H19N5O3. The van der Waals surface area contributed by atoms with Crippen LogP contribution in [-0.2, 0) is 0 Å². The fourth-order valence-corrected chi connectivity index (χ4v) is 2.45. The monoisotopic (exact) mass is 281 g/mol. The molecule has 1 aromatic heterocycles. The Labute approximate surface area is 116 Å². The lowest BCUT2D eigenvalue weighted by atomic mass is 9.86. The number of hydrogen-bond acceptors (Lipinski definition) is 7. The summed E-state index contributed by atoms with van der Waals surface area (Å²) >= 11 is 0. The van der Waals surface area contributed by atoms with Gasteiger partial charge < -0.3 is 15.8 Å². The van der Waals surface area contributed by atoms with Crippen molar-refractivity contribution in [2.45, 2.75) is 31.8 Å². The van der Waals surface area contributed by atoms with Crippen molar-refractivity contribution >= 4 is 17.3 Å². The van der Waals surface area contributed by atoms with Gasteiger partial charge in [-0.1, -0.05) is 12.8 Å². The average molecular weight is 281 g/mol. The number of nitrogens with zero attached hydrogens (tertiary/aromatic N) is 2. The summed E-state index contributed by atoms with van der Waals surface area (Å²) < 4.78 is 0. The summed E-state index contributed by atoms with van der Waals surface area (Å²) in [5, 5.41) is 23.8. The number of aliphatic hydroxyl groups is 1. The third kappa shape index (κ3) is 3.55. The number of nitrogens with two attached hydrogens (primary N) is 1. The third-order valence-corrected chi connectivity index (χ3v) is 3.58. The van der Waals surface area contributed by atoms with E-state index in [1.54, 1.807) is 0 Å². The quantitative estimate of drug-likeness (QED) is 0.363. The van der Waals surface area contributed by atoms with Gasteiger partial charge in [0.2, 0.25) is 0 Å². The van der Waals surface area contributed by atoms with E-state index in [1.165, 1.54) is 12.1 Å². The van der Waals surface area contributed by atoms with E-state index in [4.69, 9.17) is 5.84 Å². The Morgan fingerprint density at radius 1 is 1.40 bits per heavy atom. The highest BCUT2D eigenvalue weighted by atomic mass is 16.6. The minimum absolute atomic E-state index is 0.0837. The predicted octanol–water partition coefficient (Wildman–Crippen LogP) is 1.24. The molecule has 0 saturated heterocycles. The molecule has 2 atom stereocenters. The standard InChI is InChI=1S/C12H19N5O3/c13-16-12-6-9(17(19)20)5-11(15-12)14-7-8-3-1-2-4-10(8)18/h5-6,8,10,18H,1-4,7,13H2,(H2,14,15,16). The summed E-state index contributed by atoms with van der Waals surface area (Å²) in [5.74, 6) is 6.01. The molecule has 0 spiro atoms. The largest absolute Gasteiger partial charge is 0.393 e. The van der Waals surface area contributed by atoms with E-state index in [0.717, 1.165) is 25.7 Å². The first-order valence-electron chi connectivity index (χ1n) is 6.65. The van der Waals surface area contributed by atoms with Crippen LogP contribution < -0.4 is 16.6 Å². The molecule has 0 amide bonds. The molecular weight excluding hydrogens is 262 g/mol. The molecule has 110 valence electrons. The van der Waals surface area contributed by atoms with Crippen LogP contribution in [0.1, 0.15) is 25.7 Å². The molecule has 20 heavy (non-hydrogen) atoms. The normalized spacial score (nSPS) is 22.3. The molecule has 1 aliphatic carbocycles. The van der Waals surface area contributed by atoms with Crippen LogP contribution in [0.25, 0.3) is 0 Å². The maximum Gasteiger partial charge on any atom is 0.276 e. The van der Waals surface area contributed by atoms with Crippen LogP contribution in [-0.4, -0.2) is 27.7 Å². The van der Waals surface area contributed by atoms with Gasteiger partial charge in [-0.05, 0) is 12.8 Å². The number of nitrogen functional groups attached to an aromatic ring is 1. The van der Waals surface area contributed by atoms with E-state index in [2.05, 4.69) is 15.7 Å². The molecule has 8 heteroatoms. The van der Waals surface area contributed by atoms with Gasteiger partial charge in [-0.2, -0.15) is 0 Å².